The number of rotatable bonds is 2. The van der Waals surface area contributed by atoms with Crippen molar-refractivity contribution in [2.75, 3.05) is 7.11 Å². The Bertz CT molecular complexity index is 638. The highest BCUT2D eigenvalue weighted by atomic mass is 19.1. The highest BCUT2D eigenvalue weighted by Crippen LogP contribution is 2.28. The summed E-state index contributed by atoms with van der Waals surface area (Å²) in [6.45, 7) is 0. The van der Waals surface area contributed by atoms with Crippen LogP contribution in [0.3, 0.4) is 0 Å². The molecule has 0 aliphatic rings. The second kappa shape index (κ2) is 4.75. The van der Waals surface area contributed by atoms with Gasteiger partial charge in [0.05, 0.1) is 12.8 Å². The first-order valence-corrected chi connectivity index (χ1v) is 4.92. The molecule has 1 heterocycles. The Morgan fingerprint density at radius 2 is 2.06 bits per heavy atom. The summed E-state index contributed by atoms with van der Waals surface area (Å²) in [6.07, 6.45) is 1.15. The molecule has 0 aliphatic heterocycles. The van der Waals surface area contributed by atoms with Gasteiger partial charge in [-0.25, -0.2) is 18.7 Å². The van der Waals surface area contributed by atoms with Gasteiger partial charge in [0.2, 0.25) is 5.88 Å². The monoisotopic (exact) mass is 247 g/mol. The minimum atomic E-state index is -0.799. The zero-order chi connectivity index (χ0) is 13.1. The summed E-state index contributed by atoms with van der Waals surface area (Å²) in [4.78, 5) is 7.59. The van der Waals surface area contributed by atoms with Crippen molar-refractivity contribution in [2.24, 2.45) is 0 Å². The molecule has 6 heteroatoms. The maximum absolute atomic E-state index is 13.6. The van der Waals surface area contributed by atoms with Crippen LogP contribution in [-0.4, -0.2) is 17.1 Å². The van der Waals surface area contributed by atoms with Crippen LogP contribution in [0.25, 0.3) is 11.3 Å². The summed E-state index contributed by atoms with van der Waals surface area (Å²) in [7, 11) is 1.34. The fourth-order valence-electron chi connectivity index (χ4n) is 1.51. The molecule has 0 N–H and O–H groups in total. The topological polar surface area (TPSA) is 58.8 Å². The van der Waals surface area contributed by atoms with Crippen molar-refractivity contribution in [3.8, 4) is 23.2 Å². The highest BCUT2D eigenvalue weighted by Gasteiger charge is 2.16. The van der Waals surface area contributed by atoms with Gasteiger partial charge in [0.15, 0.2) is 0 Å². The molecule has 0 radical (unpaired) electrons. The van der Waals surface area contributed by atoms with Crippen LogP contribution in [0.4, 0.5) is 8.78 Å². The van der Waals surface area contributed by atoms with Gasteiger partial charge < -0.3 is 4.74 Å². The third kappa shape index (κ3) is 1.98. The van der Waals surface area contributed by atoms with Crippen molar-refractivity contribution >= 4 is 0 Å². The molecule has 0 bridgehead atoms. The van der Waals surface area contributed by atoms with Crippen LogP contribution in [0.5, 0.6) is 5.88 Å². The average molecular weight is 247 g/mol. The number of nitrogens with zero attached hydrogens (tertiary/aromatic N) is 3. The quantitative estimate of drug-likeness (QED) is 0.817. The van der Waals surface area contributed by atoms with Crippen LogP contribution in [-0.2, 0) is 0 Å². The Morgan fingerprint density at radius 3 is 2.67 bits per heavy atom. The second-order valence-electron chi connectivity index (χ2n) is 3.34. The zero-order valence-corrected chi connectivity index (χ0v) is 9.32. The largest absolute Gasteiger partial charge is 0.480 e. The normalized spacial score (nSPS) is 9.89. The summed E-state index contributed by atoms with van der Waals surface area (Å²) in [5.74, 6) is -1.45. The van der Waals surface area contributed by atoms with Crippen LogP contribution < -0.4 is 4.74 Å². The van der Waals surface area contributed by atoms with E-state index >= 15 is 0 Å². The van der Waals surface area contributed by atoms with Gasteiger partial charge in [-0.05, 0) is 12.1 Å². The molecule has 0 spiro atoms. The Labute approximate surface area is 101 Å². The smallest absolute Gasteiger partial charge is 0.235 e. The molecule has 2 rings (SSSR count). The van der Waals surface area contributed by atoms with Gasteiger partial charge in [-0.1, -0.05) is 0 Å². The fourth-order valence-corrected chi connectivity index (χ4v) is 1.51. The molecule has 0 atom stereocenters. The first kappa shape index (κ1) is 11.9. The fraction of sp³-hybridized carbons (Fsp3) is 0.0833. The molecule has 4 nitrogen and oxygen atoms in total. The molecule has 0 fully saturated rings. The van der Waals surface area contributed by atoms with Crippen LogP contribution in [0, 0.1) is 23.0 Å². The maximum atomic E-state index is 13.6. The first-order valence-electron chi connectivity index (χ1n) is 4.92. The van der Waals surface area contributed by atoms with Crippen LogP contribution in [0.1, 0.15) is 5.56 Å². The predicted molar refractivity (Wildman–Crippen MR) is 58.7 cm³/mol. The average Bonchev–Trinajstić information content (AvgIpc) is 2.37. The SMILES string of the molecule is COc1ncnc(-c2ccc(F)cc2F)c1C#N. The number of benzene rings is 1. The molecule has 0 aliphatic carbocycles. The number of hydrogen-bond acceptors (Lipinski definition) is 4. The molecule has 2 aromatic rings. The molecule has 90 valence electrons. The minimum Gasteiger partial charge on any atom is -0.480 e. The molecule has 18 heavy (non-hydrogen) atoms. The summed E-state index contributed by atoms with van der Waals surface area (Å²) in [6, 6.07) is 4.88. The number of methoxy groups -OCH3 is 1. The minimum absolute atomic E-state index is 0.00510. The van der Waals surface area contributed by atoms with E-state index in [1.165, 1.54) is 13.2 Å². The lowest BCUT2D eigenvalue weighted by Gasteiger charge is -2.07. The van der Waals surface area contributed by atoms with E-state index < -0.39 is 11.6 Å². The van der Waals surface area contributed by atoms with E-state index in [0.717, 1.165) is 18.5 Å². The van der Waals surface area contributed by atoms with E-state index in [1.807, 2.05) is 6.07 Å². The van der Waals surface area contributed by atoms with Gasteiger partial charge in [-0.15, -0.1) is 0 Å². The maximum Gasteiger partial charge on any atom is 0.235 e. The third-order valence-corrected chi connectivity index (χ3v) is 2.30. The van der Waals surface area contributed by atoms with Gasteiger partial charge in [0.25, 0.3) is 0 Å². The van der Waals surface area contributed by atoms with Gasteiger partial charge >= 0.3 is 0 Å². The van der Waals surface area contributed by atoms with Crippen LogP contribution in [0.15, 0.2) is 24.5 Å². The van der Waals surface area contributed by atoms with Crippen molar-refractivity contribution in [1.82, 2.24) is 9.97 Å². The zero-order valence-electron chi connectivity index (χ0n) is 9.32. The predicted octanol–water partition coefficient (Wildman–Crippen LogP) is 2.30. The number of halogens is 2. The van der Waals surface area contributed by atoms with E-state index in [4.69, 9.17) is 10.00 Å². The molecule has 0 unspecified atom stereocenters. The summed E-state index contributed by atoms with van der Waals surface area (Å²) in [5.41, 5.74) is 0.0982. The molecule has 1 aromatic carbocycles. The molecule has 0 saturated heterocycles. The van der Waals surface area contributed by atoms with E-state index in [2.05, 4.69) is 9.97 Å². The molecule has 1 aromatic heterocycles. The Morgan fingerprint density at radius 1 is 1.28 bits per heavy atom. The van der Waals surface area contributed by atoms with Gasteiger partial charge in [0.1, 0.15) is 29.6 Å². The number of hydrogen-bond donors (Lipinski definition) is 0. The third-order valence-electron chi connectivity index (χ3n) is 2.30. The van der Waals surface area contributed by atoms with Crippen molar-refractivity contribution in [2.45, 2.75) is 0 Å². The molecule has 0 saturated carbocycles. The lowest BCUT2D eigenvalue weighted by Crippen LogP contribution is -1.99. The van der Waals surface area contributed by atoms with E-state index in [0.29, 0.717) is 0 Å². The molecular formula is C12H7F2N3O. The number of nitriles is 1. The molecular weight excluding hydrogens is 240 g/mol. The van der Waals surface area contributed by atoms with Gasteiger partial charge in [0, 0.05) is 11.6 Å². The standard InChI is InChI=1S/C12H7F2N3O/c1-18-12-9(5-15)11(16-6-17-12)8-3-2-7(13)4-10(8)14/h2-4,6H,1H3. The number of ether oxygens (including phenoxy) is 1. The Hall–Kier alpha value is -2.55. The summed E-state index contributed by atoms with van der Waals surface area (Å²) < 4.78 is 31.4. The van der Waals surface area contributed by atoms with Crippen molar-refractivity contribution in [1.29, 1.82) is 5.26 Å². The Balaban J connectivity index is 2.68. The van der Waals surface area contributed by atoms with Crippen LogP contribution >= 0.6 is 0 Å². The Kier molecular flexibility index (Phi) is 3.15. The van der Waals surface area contributed by atoms with E-state index in [9.17, 15) is 8.78 Å². The van der Waals surface area contributed by atoms with Gasteiger partial charge in [-0.2, -0.15) is 5.26 Å². The first-order chi connectivity index (χ1) is 8.67. The van der Waals surface area contributed by atoms with Gasteiger partial charge in [-0.3, -0.25) is 0 Å². The summed E-state index contributed by atoms with van der Waals surface area (Å²) >= 11 is 0. The number of aromatic nitrogens is 2. The van der Waals surface area contributed by atoms with Crippen LogP contribution in [0.2, 0.25) is 0 Å². The van der Waals surface area contributed by atoms with E-state index in [-0.39, 0.29) is 22.7 Å². The van der Waals surface area contributed by atoms with Crippen molar-refractivity contribution in [3.63, 3.8) is 0 Å². The van der Waals surface area contributed by atoms with Crippen molar-refractivity contribution < 1.29 is 13.5 Å². The summed E-state index contributed by atoms with van der Waals surface area (Å²) in [5, 5.41) is 9.03. The highest BCUT2D eigenvalue weighted by molar-refractivity contribution is 5.69. The second-order valence-corrected chi connectivity index (χ2v) is 3.34. The van der Waals surface area contributed by atoms with E-state index in [1.54, 1.807) is 0 Å². The lowest BCUT2D eigenvalue weighted by atomic mass is 10.1. The lowest BCUT2D eigenvalue weighted by molar-refractivity contribution is 0.395. The van der Waals surface area contributed by atoms with Crippen molar-refractivity contribution in [3.05, 3.63) is 41.7 Å². The molecule has 0 amide bonds.